The predicted octanol–water partition coefficient (Wildman–Crippen LogP) is 4.09. The average Bonchev–Trinajstić information content (AvgIpc) is 2.49. The third-order valence-electron chi connectivity index (χ3n) is 3.37. The summed E-state index contributed by atoms with van der Waals surface area (Å²) < 4.78 is 6.66. The Kier molecular flexibility index (Phi) is 4.17. The van der Waals surface area contributed by atoms with Gasteiger partial charge >= 0.3 is 0 Å². The Hall–Kier alpha value is -1.52. The Labute approximate surface area is 136 Å². The summed E-state index contributed by atoms with van der Waals surface area (Å²) in [5, 5.41) is 3.80. The van der Waals surface area contributed by atoms with E-state index in [-0.39, 0.29) is 12.2 Å². The molecule has 1 atom stereocenters. The van der Waals surface area contributed by atoms with Crippen molar-refractivity contribution in [3.63, 3.8) is 0 Å². The fourth-order valence-electron chi connectivity index (χ4n) is 2.26. The lowest BCUT2D eigenvalue weighted by Gasteiger charge is -2.26. The third-order valence-corrected chi connectivity index (χ3v) is 4.22. The van der Waals surface area contributed by atoms with Crippen LogP contribution in [0.2, 0.25) is 5.02 Å². The number of halogens is 2. The van der Waals surface area contributed by atoms with Gasteiger partial charge in [0, 0.05) is 15.9 Å². The number of benzene rings is 2. The average molecular weight is 367 g/mol. The minimum Gasteiger partial charge on any atom is -0.479 e. The van der Waals surface area contributed by atoms with Crippen LogP contribution in [0, 0.1) is 0 Å². The van der Waals surface area contributed by atoms with E-state index in [0.717, 1.165) is 15.7 Å². The molecule has 1 aliphatic rings. The molecule has 0 saturated carbocycles. The van der Waals surface area contributed by atoms with Crippen molar-refractivity contribution < 1.29 is 9.53 Å². The van der Waals surface area contributed by atoms with E-state index in [0.29, 0.717) is 17.3 Å². The highest BCUT2D eigenvalue weighted by Gasteiger charge is 2.25. The zero-order valence-electron chi connectivity index (χ0n) is 11.1. The van der Waals surface area contributed by atoms with Crippen molar-refractivity contribution in [2.75, 3.05) is 11.9 Å². The second-order valence-corrected chi connectivity index (χ2v) is 6.19. The summed E-state index contributed by atoms with van der Waals surface area (Å²) in [4.78, 5) is 12.4. The quantitative estimate of drug-likeness (QED) is 0.889. The molecule has 0 fully saturated rings. The van der Waals surface area contributed by atoms with Gasteiger partial charge in [-0.05, 0) is 29.8 Å². The van der Waals surface area contributed by atoms with Crippen molar-refractivity contribution in [3.8, 4) is 5.75 Å². The maximum absolute atomic E-state index is 12.4. The lowest BCUT2D eigenvalue weighted by atomic mass is 10.0. The first-order chi connectivity index (χ1) is 10.1. The molecule has 1 heterocycles. The first-order valence-electron chi connectivity index (χ1n) is 6.59. The van der Waals surface area contributed by atoms with Crippen LogP contribution in [0.25, 0.3) is 0 Å². The van der Waals surface area contributed by atoms with Crippen molar-refractivity contribution >= 4 is 39.0 Å². The molecule has 0 bridgehead atoms. The molecule has 0 spiro atoms. The van der Waals surface area contributed by atoms with E-state index in [4.69, 9.17) is 16.3 Å². The highest BCUT2D eigenvalue weighted by Crippen LogP contribution is 2.29. The van der Waals surface area contributed by atoms with Crippen molar-refractivity contribution in [1.29, 1.82) is 0 Å². The molecule has 0 radical (unpaired) electrons. The first-order valence-corrected chi connectivity index (χ1v) is 7.77. The molecular formula is C16H13BrClNO2. The van der Waals surface area contributed by atoms with E-state index in [9.17, 15) is 4.79 Å². The van der Waals surface area contributed by atoms with Gasteiger partial charge in [-0.3, -0.25) is 4.79 Å². The zero-order valence-corrected chi connectivity index (χ0v) is 13.4. The standard InChI is InChI=1S/C16H13BrClNO2/c17-11-6-5-10(12(18)8-11)7-14(20)16-9-19-13-3-1-2-4-15(13)21-16/h1-6,8,16,19H,7,9H2. The summed E-state index contributed by atoms with van der Waals surface area (Å²) in [5.41, 5.74) is 1.73. The Morgan fingerprint density at radius 2 is 2.14 bits per heavy atom. The van der Waals surface area contributed by atoms with Crippen LogP contribution >= 0.6 is 27.5 Å². The maximum Gasteiger partial charge on any atom is 0.179 e. The van der Waals surface area contributed by atoms with Gasteiger partial charge in [0.15, 0.2) is 11.9 Å². The van der Waals surface area contributed by atoms with Gasteiger partial charge in [0.1, 0.15) is 5.75 Å². The van der Waals surface area contributed by atoms with Crippen LogP contribution in [-0.4, -0.2) is 18.4 Å². The first kappa shape index (κ1) is 14.4. The van der Waals surface area contributed by atoms with Gasteiger partial charge in [-0.25, -0.2) is 0 Å². The Morgan fingerprint density at radius 1 is 1.33 bits per heavy atom. The van der Waals surface area contributed by atoms with Crippen LogP contribution < -0.4 is 10.1 Å². The molecule has 1 unspecified atom stereocenters. The molecule has 2 aromatic carbocycles. The topological polar surface area (TPSA) is 38.3 Å². The van der Waals surface area contributed by atoms with Crippen LogP contribution in [0.3, 0.4) is 0 Å². The van der Waals surface area contributed by atoms with Crippen LogP contribution in [-0.2, 0) is 11.2 Å². The van der Waals surface area contributed by atoms with Crippen LogP contribution in [0.5, 0.6) is 5.75 Å². The van der Waals surface area contributed by atoms with Gasteiger partial charge in [-0.2, -0.15) is 0 Å². The summed E-state index contributed by atoms with van der Waals surface area (Å²) in [6.45, 7) is 0.476. The number of hydrogen-bond donors (Lipinski definition) is 1. The molecular weight excluding hydrogens is 354 g/mol. The monoisotopic (exact) mass is 365 g/mol. The number of rotatable bonds is 3. The lowest BCUT2D eigenvalue weighted by Crippen LogP contribution is -2.38. The SMILES string of the molecule is O=C(Cc1ccc(Br)cc1Cl)C1CNc2ccccc2O1. The van der Waals surface area contributed by atoms with Crippen LogP contribution in [0.4, 0.5) is 5.69 Å². The summed E-state index contributed by atoms with van der Waals surface area (Å²) in [6, 6.07) is 13.1. The summed E-state index contributed by atoms with van der Waals surface area (Å²) in [7, 11) is 0. The molecule has 3 rings (SSSR count). The molecule has 2 aromatic rings. The van der Waals surface area contributed by atoms with E-state index in [2.05, 4.69) is 21.2 Å². The smallest absolute Gasteiger partial charge is 0.179 e. The second-order valence-electron chi connectivity index (χ2n) is 4.86. The number of ketones is 1. The zero-order chi connectivity index (χ0) is 14.8. The Bertz CT molecular complexity index is 690. The van der Waals surface area contributed by atoms with Crippen molar-refractivity contribution in [3.05, 3.63) is 57.5 Å². The second kappa shape index (κ2) is 6.08. The number of carbonyl (C=O) groups excluding carboxylic acids is 1. The summed E-state index contributed by atoms with van der Waals surface area (Å²) in [5.74, 6) is 0.727. The lowest BCUT2D eigenvalue weighted by molar-refractivity contribution is -0.124. The van der Waals surface area contributed by atoms with Gasteiger partial charge in [-0.1, -0.05) is 45.7 Å². The van der Waals surface area contributed by atoms with E-state index >= 15 is 0 Å². The normalized spacial score (nSPS) is 16.6. The van der Waals surface area contributed by atoms with Gasteiger partial charge in [0.05, 0.1) is 12.2 Å². The minimum atomic E-state index is -0.486. The fourth-order valence-corrected chi connectivity index (χ4v) is 3.00. The van der Waals surface area contributed by atoms with Crippen molar-refractivity contribution in [2.24, 2.45) is 0 Å². The van der Waals surface area contributed by atoms with Gasteiger partial charge in [0.25, 0.3) is 0 Å². The molecule has 0 aromatic heterocycles. The van der Waals surface area contributed by atoms with E-state index in [1.54, 1.807) is 6.07 Å². The maximum atomic E-state index is 12.4. The minimum absolute atomic E-state index is 0.0150. The molecule has 0 aliphatic carbocycles. The van der Waals surface area contributed by atoms with Gasteiger partial charge < -0.3 is 10.1 Å². The van der Waals surface area contributed by atoms with E-state index < -0.39 is 6.10 Å². The number of hydrogen-bond acceptors (Lipinski definition) is 3. The number of carbonyl (C=O) groups is 1. The molecule has 0 saturated heterocycles. The molecule has 1 N–H and O–H groups in total. The number of anilines is 1. The molecule has 21 heavy (non-hydrogen) atoms. The number of para-hydroxylation sites is 2. The Balaban J connectivity index is 1.72. The van der Waals surface area contributed by atoms with Crippen molar-refractivity contribution in [1.82, 2.24) is 0 Å². The van der Waals surface area contributed by atoms with E-state index in [1.807, 2.05) is 36.4 Å². The molecule has 3 nitrogen and oxygen atoms in total. The molecule has 1 aliphatic heterocycles. The largest absolute Gasteiger partial charge is 0.479 e. The van der Waals surface area contributed by atoms with Gasteiger partial charge in [0.2, 0.25) is 0 Å². The van der Waals surface area contributed by atoms with Crippen LogP contribution in [0.15, 0.2) is 46.9 Å². The molecule has 108 valence electrons. The number of ether oxygens (including phenoxy) is 1. The number of fused-ring (bicyclic) bond motifs is 1. The molecule has 0 amide bonds. The number of Topliss-reactive ketones (excluding diaryl/α,β-unsaturated/α-hetero) is 1. The highest BCUT2D eigenvalue weighted by molar-refractivity contribution is 9.10. The summed E-state index contributed by atoms with van der Waals surface area (Å²) >= 11 is 9.51. The van der Waals surface area contributed by atoms with Crippen molar-refractivity contribution in [2.45, 2.75) is 12.5 Å². The van der Waals surface area contributed by atoms with Gasteiger partial charge in [-0.15, -0.1) is 0 Å². The van der Waals surface area contributed by atoms with Crippen LogP contribution in [0.1, 0.15) is 5.56 Å². The Morgan fingerprint density at radius 3 is 2.95 bits per heavy atom. The third kappa shape index (κ3) is 3.22. The molecule has 5 heteroatoms. The van der Waals surface area contributed by atoms with E-state index in [1.165, 1.54) is 0 Å². The fraction of sp³-hybridized carbons (Fsp3) is 0.188. The highest BCUT2D eigenvalue weighted by atomic mass is 79.9. The summed E-state index contributed by atoms with van der Waals surface area (Å²) in [6.07, 6.45) is -0.222. The number of nitrogens with one attached hydrogen (secondary N) is 1. The predicted molar refractivity (Wildman–Crippen MR) is 87.2 cm³/mol.